The number of likely N-dealkylation sites (N-methyl/N-ethyl adjacent to an activating group) is 1. The van der Waals surface area contributed by atoms with Gasteiger partial charge in [0.2, 0.25) is 0 Å². The van der Waals surface area contributed by atoms with Crippen molar-refractivity contribution in [3.63, 3.8) is 0 Å². The minimum absolute atomic E-state index is 0.816. The second-order valence-electron chi connectivity index (χ2n) is 4.22. The number of ether oxygens (including phenoxy) is 1. The average Bonchev–Trinajstić information content (AvgIpc) is 2.87. The zero-order valence-corrected chi connectivity index (χ0v) is 12.2. The van der Waals surface area contributed by atoms with Gasteiger partial charge in [0, 0.05) is 19.4 Å². The topological polar surface area (TPSA) is 47.0 Å². The van der Waals surface area contributed by atoms with Gasteiger partial charge in [-0.05, 0) is 24.2 Å². The van der Waals surface area contributed by atoms with Crippen LogP contribution < -0.4 is 10.1 Å². The van der Waals surface area contributed by atoms with Crippen LogP contribution in [-0.2, 0) is 12.8 Å². The zero-order chi connectivity index (χ0) is 13.5. The van der Waals surface area contributed by atoms with Crippen LogP contribution in [0.1, 0.15) is 22.5 Å². The summed E-state index contributed by atoms with van der Waals surface area (Å²) in [5.41, 5.74) is 1.20. The first-order valence-corrected chi connectivity index (χ1v) is 7.28. The number of hydrogen-bond acceptors (Lipinski definition) is 5. The van der Waals surface area contributed by atoms with E-state index in [0.29, 0.717) is 0 Å². The Morgan fingerprint density at radius 2 is 2.11 bits per heavy atom. The third kappa shape index (κ3) is 4.29. The summed E-state index contributed by atoms with van der Waals surface area (Å²) in [5.74, 6) is 0.884. The second-order valence-corrected chi connectivity index (χ2v) is 5.37. The third-order valence-corrected chi connectivity index (χ3v) is 3.75. The summed E-state index contributed by atoms with van der Waals surface area (Å²) in [6.45, 7) is 4.06. The summed E-state index contributed by atoms with van der Waals surface area (Å²) in [5, 5.41) is 13.9. The van der Waals surface area contributed by atoms with E-state index >= 15 is 0 Å². The number of nitrogens with one attached hydrogen (secondary N) is 1. The lowest BCUT2D eigenvalue weighted by molar-refractivity contribution is 0.414. The molecule has 5 heteroatoms. The fourth-order valence-electron chi connectivity index (χ4n) is 1.79. The Labute approximate surface area is 117 Å². The first-order valence-electron chi connectivity index (χ1n) is 6.46. The monoisotopic (exact) mass is 277 g/mol. The molecule has 1 N–H and O–H groups in total. The highest BCUT2D eigenvalue weighted by atomic mass is 32.1. The molecule has 0 saturated carbocycles. The minimum Gasteiger partial charge on any atom is -0.497 e. The number of aromatic nitrogens is 2. The Bertz CT molecular complexity index is 513. The molecule has 2 aromatic rings. The first-order chi connectivity index (χ1) is 9.31. The van der Waals surface area contributed by atoms with Crippen molar-refractivity contribution in [2.75, 3.05) is 20.2 Å². The van der Waals surface area contributed by atoms with Crippen LogP contribution in [-0.4, -0.2) is 30.4 Å². The number of hydrogen-bond donors (Lipinski definition) is 1. The molecule has 0 amide bonds. The maximum atomic E-state index is 5.22. The van der Waals surface area contributed by atoms with Crippen LogP contribution in [0.5, 0.6) is 5.75 Å². The van der Waals surface area contributed by atoms with Crippen molar-refractivity contribution in [2.45, 2.75) is 19.8 Å². The fraction of sp³-hybridized carbons (Fsp3) is 0.429. The van der Waals surface area contributed by atoms with Crippen molar-refractivity contribution in [3.05, 3.63) is 39.8 Å². The van der Waals surface area contributed by atoms with Gasteiger partial charge in [-0.25, -0.2) is 0 Å². The molecule has 19 heavy (non-hydrogen) atoms. The van der Waals surface area contributed by atoms with E-state index in [9.17, 15) is 0 Å². The van der Waals surface area contributed by atoms with E-state index in [1.165, 1.54) is 5.56 Å². The molecule has 0 aliphatic rings. The van der Waals surface area contributed by atoms with E-state index in [0.717, 1.165) is 41.7 Å². The molecule has 0 radical (unpaired) electrons. The lowest BCUT2D eigenvalue weighted by Crippen LogP contribution is -2.15. The molecule has 102 valence electrons. The fourth-order valence-corrected chi connectivity index (χ4v) is 2.67. The standard InChI is InChI=1S/C14H19N3OS/c1-3-15-8-7-13-16-17-14(19-13)10-11-5-4-6-12(9-11)18-2/h4-6,9,15H,3,7-8,10H2,1-2H3. The summed E-state index contributed by atoms with van der Waals surface area (Å²) in [7, 11) is 1.68. The molecule has 2 rings (SSSR count). The van der Waals surface area contributed by atoms with Gasteiger partial charge in [0.05, 0.1) is 7.11 Å². The molecule has 0 atom stereocenters. The highest BCUT2D eigenvalue weighted by Crippen LogP contribution is 2.18. The van der Waals surface area contributed by atoms with Crippen LogP contribution in [0, 0.1) is 0 Å². The smallest absolute Gasteiger partial charge is 0.121 e. The van der Waals surface area contributed by atoms with Crippen molar-refractivity contribution in [2.24, 2.45) is 0 Å². The predicted molar refractivity (Wildman–Crippen MR) is 78.0 cm³/mol. The molecule has 0 spiro atoms. The van der Waals surface area contributed by atoms with Crippen LogP contribution in [0.25, 0.3) is 0 Å². The lowest BCUT2D eigenvalue weighted by Gasteiger charge is -2.01. The van der Waals surface area contributed by atoms with Gasteiger partial charge < -0.3 is 10.1 Å². The highest BCUT2D eigenvalue weighted by Gasteiger charge is 2.05. The van der Waals surface area contributed by atoms with E-state index in [4.69, 9.17) is 4.74 Å². The Morgan fingerprint density at radius 3 is 2.89 bits per heavy atom. The van der Waals surface area contributed by atoms with Gasteiger partial charge in [-0.15, -0.1) is 21.5 Å². The van der Waals surface area contributed by atoms with Crippen LogP contribution in [0.2, 0.25) is 0 Å². The predicted octanol–water partition coefficient (Wildman–Crippen LogP) is 2.29. The van der Waals surface area contributed by atoms with Gasteiger partial charge in [-0.3, -0.25) is 0 Å². The van der Waals surface area contributed by atoms with Crippen molar-refractivity contribution in [1.82, 2.24) is 15.5 Å². The number of nitrogens with zero attached hydrogens (tertiary/aromatic N) is 2. The van der Waals surface area contributed by atoms with E-state index in [-0.39, 0.29) is 0 Å². The zero-order valence-electron chi connectivity index (χ0n) is 11.3. The summed E-state index contributed by atoms with van der Waals surface area (Å²) in [6.07, 6.45) is 1.76. The Morgan fingerprint density at radius 1 is 1.26 bits per heavy atom. The average molecular weight is 277 g/mol. The van der Waals surface area contributed by atoms with Gasteiger partial charge in [0.25, 0.3) is 0 Å². The molecule has 1 aromatic heterocycles. The second kappa shape index (κ2) is 7.21. The van der Waals surface area contributed by atoms with Gasteiger partial charge in [-0.1, -0.05) is 19.1 Å². The molecule has 0 bridgehead atoms. The van der Waals surface area contributed by atoms with Crippen molar-refractivity contribution < 1.29 is 4.74 Å². The summed E-state index contributed by atoms with van der Waals surface area (Å²) < 4.78 is 5.22. The normalized spacial score (nSPS) is 10.6. The first kappa shape index (κ1) is 14.0. The van der Waals surface area contributed by atoms with Crippen molar-refractivity contribution >= 4 is 11.3 Å². The number of benzene rings is 1. The van der Waals surface area contributed by atoms with Crippen LogP contribution in [0.4, 0.5) is 0 Å². The molecule has 1 aromatic carbocycles. The Balaban J connectivity index is 1.95. The molecule has 0 unspecified atom stereocenters. The van der Waals surface area contributed by atoms with Gasteiger partial charge in [0.15, 0.2) is 0 Å². The molecule has 0 aliphatic heterocycles. The van der Waals surface area contributed by atoms with Crippen LogP contribution in [0.15, 0.2) is 24.3 Å². The van der Waals surface area contributed by atoms with Crippen molar-refractivity contribution in [3.8, 4) is 5.75 Å². The molecule has 0 saturated heterocycles. The molecular formula is C14H19N3OS. The van der Waals surface area contributed by atoms with Gasteiger partial charge in [-0.2, -0.15) is 0 Å². The van der Waals surface area contributed by atoms with E-state index < -0.39 is 0 Å². The Kier molecular flexibility index (Phi) is 5.30. The maximum Gasteiger partial charge on any atom is 0.121 e. The summed E-state index contributed by atoms with van der Waals surface area (Å²) in [4.78, 5) is 0. The van der Waals surface area contributed by atoms with Crippen LogP contribution in [0.3, 0.4) is 0 Å². The van der Waals surface area contributed by atoms with Crippen LogP contribution >= 0.6 is 11.3 Å². The largest absolute Gasteiger partial charge is 0.497 e. The maximum absolute atomic E-state index is 5.22. The van der Waals surface area contributed by atoms with E-state index in [1.807, 2.05) is 18.2 Å². The number of methoxy groups -OCH3 is 1. The molecule has 4 nitrogen and oxygen atoms in total. The van der Waals surface area contributed by atoms with Gasteiger partial charge in [0.1, 0.15) is 15.8 Å². The SMILES string of the molecule is CCNCCc1nnc(Cc2cccc(OC)c2)s1. The summed E-state index contributed by atoms with van der Waals surface area (Å²) >= 11 is 1.69. The van der Waals surface area contributed by atoms with E-state index in [2.05, 4.69) is 28.5 Å². The molecule has 0 aliphatic carbocycles. The Hall–Kier alpha value is -1.46. The lowest BCUT2D eigenvalue weighted by atomic mass is 10.1. The van der Waals surface area contributed by atoms with Gasteiger partial charge >= 0.3 is 0 Å². The number of rotatable bonds is 7. The molecule has 1 heterocycles. The quantitative estimate of drug-likeness (QED) is 0.789. The third-order valence-electron chi connectivity index (χ3n) is 2.76. The highest BCUT2D eigenvalue weighted by molar-refractivity contribution is 7.11. The molecule has 0 fully saturated rings. The molecular weight excluding hydrogens is 258 g/mol. The van der Waals surface area contributed by atoms with Crippen molar-refractivity contribution in [1.29, 1.82) is 0 Å². The minimum atomic E-state index is 0.816. The van der Waals surface area contributed by atoms with E-state index in [1.54, 1.807) is 18.4 Å². The summed E-state index contributed by atoms with van der Waals surface area (Å²) in [6, 6.07) is 8.08.